The number of nitrogens with zero attached hydrogens (tertiary/aromatic N) is 1. The summed E-state index contributed by atoms with van der Waals surface area (Å²) < 4.78 is 0. The van der Waals surface area contributed by atoms with Crippen LogP contribution < -0.4 is 0 Å². The fourth-order valence-corrected chi connectivity index (χ4v) is 1.11. The molecule has 0 aromatic rings. The molecule has 0 heterocycles. The Labute approximate surface area is 87.3 Å². The van der Waals surface area contributed by atoms with E-state index in [1.807, 2.05) is 52.0 Å². The van der Waals surface area contributed by atoms with Gasteiger partial charge in [0.25, 0.3) is 0 Å². The van der Waals surface area contributed by atoms with Gasteiger partial charge in [0.1, 0.15) is 0 Å². The molecule has 0 atom stereocenters. The second-order valence-corrected chi connectivity index (χ2v) is 2.97. The van der Waals surface area contributed by atoms with Gasteiger partial charge >= 0.3 is 0 Å². The molecule has 0 amide bonds. The van der Waals surface area contributed by atoms with E-state index < -0.39 is 0 Å². The molecule has 0 rings (SSSR count). The lowest BCUT2D eigenvalue weighted by molar-refractivity contribution is 1.30. The molecule has 1 heteroatoms. The number of hydrogen-bond donors (Lipinski definition) is 0. The Morgan fingerprint density at radius 1 is 1.07 bits per heavy atom. The van der Waals surface area contributed by atoms with Crippen LogP contribution in [0.4, 0.5) is 0 Å². The van der Waals surface area contributed by atoms with Crippen LogP contribution in [0.1, 0.15) is 27.7 Å². The third-order valence-corrected chi connectivity index (χ3v) is 1.66. The Morgan fingerprint density at radius 3 is 2.00 bits per heavy atom. The first-order valence-corrected chi connectivity index (χ1v) is 4.81. The molecule has 0 aromatic heterocycles. The molecule has 0 unspecified atom stereocenters. The van der Waals surface area contributed by atoms with Crippen LogP contribution in [0, 0.1) is 0 Å². The molecular weight excluding hydrogens is 170 g/mol. The third-order valence-electron chi connectivity index (χ3n) is 1.66. The summed E-state index contributed by atoms with van der Waals surface area (Å²) in [5.41, 5.74) is 3.08. The first-order chi connectivity index (χ1) is 6.67. The van der Waals surface area contributed by atoms with E-state index in [-0.39, 0.29) is 0 Å². The maximum atomic E-state index is 4.31. The second kappa shape index (κ2) is 7.07. The standard InChI is InChI=1S/C13H19N/c1-6-9-12(11(4)5)13(10-7-2)14-8-3/h6-10H,4H2,1-3,5H3/b9-6-,10-7-,13-12-,14-8?. The van der Waals surface area contributed by atoms with Gasteiger partial charge in [0.05, 0.1) is 5.70 Å². The van der Waals surface area contributed by atoms with Crippen molar-refractivity contribution in [3.05, 3.63) is 47.7 Å². The van der Waals surface area contributed by atoms with Crippen molar-refractivity contribution in [3.8, 4) is 0 Å². The Hall–Kier alpha value is -1.37. The monoisotopic (exact) mass is 189 g/mol. The summed E-state index contributed by atoms with van der Waals surface area (Å²) in [5.74, 6) is 0. The summed E-state index contributed by atoms with van der Waals surface area (Å²) in [6, 6.07) is 0. The van der Waals surface area contributed by atoms with Gasteiger partial charge in [0, 0.05) is 11.8 Å². The highest BCUT2D eigenvalue weighted by Crippen LogP contribution is 2.16. The zero-order valence-electron chi connectivity index (χ0n) is 9.54. The van der Waals surface area contributed by atoms with Crippen molar-refractivity contribution < 1.29 is 0 Å². The minimum atomic E-state index is 0.959. The molecule has 0 aliphatic heterocycles. The van der Waals surface area contributed by atoms with Crippen LogP contribution >= 0.6 is 0 Å². The van der Waals surface area contributed by atoms with E-state index >= 15 is 0 Å². The number of allylic oxidation sites excluding steroid dienone is 6. The molecule has 0 radical (unpaired) electrons. The third kappa shape index (κ3) is 4.04. The van der Waals surface area contributed by atoms with E-state index in [0.717, 1.165) is 16.8 Å². The van der Waals surface area contributed by atoms with Gasteiger partial charge in [0.2, 0.25) is 0 Å². The Morgan fingerprint density at radius 2 is 1.64 bits per heavy atom. The van der Waals surface area contributed by atoms with Crippen LogP contribution in [0.15, 0.2) is 52.7 Å². The molecule has 0 aliphatic carbocycles. The van der Waals surface area contributed by atoms with Gasteiger partial charge in [-0.2, -0.15) is 0 Å². The predicted octanol–water partition coefficient (Wildman–Crippen LogP) is 4.06. The highest BCUT2D eigenvalue weighted by Gasteiger charge is 1.99. The van der Waals surface area contributed by atoms with Crippen molar-refractivity contribution >= 4 is 6.21 Å². The molecular formula is C13H19N. The second-order valence-electron chi connectivity index (χ2n) is 2.97. The predicted molar refractivity (Wildman–Crippen MR) is 65.6 cm³/mol. The van der Waals surface area contributed by atoms with Gasteiger partial charge < -0.3 is 0 Å². The van der Waals surface area contributed by atoms with Gasteiger partial charge in [-0.05, 0) is 39.3 Å². The Kier molecular flexibility index (Phi) is 6.38. The van der Waals surface area contributed by atoms with Crippen LogP contribution in [0.3, 0.4) is 0 Å². The Balaban J connectivity index is 5.36. The Bertz CT molecular complexity index is 287. The molecule has 1 nitrogen and oxygen atoms in total. The largest absolute Gasteiger partial charge is 0.261 e. The summed E-state index contributed by atoms with van der Waals surface area (Å²) in [6.45, 7) is 11.8. The van der Waals surface area contributed by atoms with Gasteiger partial charge in [-0.3, -0.25) is 4.99 Å². The molecule has 14 heavy (non-hydrogen) atoms. The average Bonchev–Trinajstić information content (AvgIpc) is 2.13. The van der Waals surface area contributed by atoms with Crippen molar-refractivity contribution in [2.24, 2.45) is 4.99 Å². The fraction of sp³-hybridized carbons (Fsp3) is 0.308. The van der Waals surface area contributed by atoms with Gasteiger partial charge in [0.15, 0.2) is 0 Å². The first kappa shape index (κ1) is 12.6. The molecule has 0 fully saturated rings. The lowest BCUT2D eigenvalue weighted by atomic mass is 10.1. The maximum absolute atomic E-state index is 4.31. The minimum absolute atomic E-state index is 0.959. The number of hydrogen-bond acceptors (Lipinski definition) is 1. The molecule has 0 saturated carbocycles. The normalized spacial score (nSPS) is 14.3. The molecule has 0 spiro atoms. The van der Waals surface area contributed by atoms with Crippen molar-refractivity contribution in [1.82, 2.24) is 0 Å². The highest BCUT2D eigenvalue weighted by molar-refractivity contribution is 5.58. The highest BCUT2D eigenvalue weighted by atomic mass is 14.7. The quantitative estimate of drug-likeness (QED) is 0.467. The van der Waals surface area contributed by atoms with Crippen LogP contribution in [0.5, 0.6) is 0 Å². The van der Waals surface area contributed by atoms with Crippen molar-refractivity contribution in [3.63, 3.8) is 0 Å². The van der Waals surface area contributed by atoms with E-state index in [4.69, 9.17) is 0 Å². The van der Waals surface area contributed by atoms with Gasteiger partial charge in [-0.15, -0.1) is 0 Å². The van der Waals surface area contributed by atoms with E-state index in [1.54, 1.807) is 6.21 Å². The smallest absolute Gasteiger partial charge is 0.0696 e. The molecule has 0 aromatic carbocycles. The molecule has 0 saturated heterocycles. The van der Waals surface area contributed by atoms with Crippen LogP contribution in [-0.4, -0.2) is 6.21 Å². The van der Waals surface area contributed by atoms with Crippen LogP contribution in [0.2, 0.25) is 0 Å². The molecule has 0 N–H and O–H groups in total. The molecule has 0 aliphatic rings. The summed E-state index contributed by atoms with van der Waals surface area (Å²) in [7, 11) is 0. The van der Waals surface area contributed by atoms with E-state index in [2.05, 4.69) is 11.6 Å². The topological polar surface area (TPSA) is 12.4 Å². The average molecular weight is 189 g/mol. The lowest BCUT2D eigenvalue weighted by Gasteiger charge is -2.04. The van der Waals surface area contributed by atoms with Gasteiger partial charge in [-0.1, -0.05) is 24.8 Å². The van der Waals surface area contributed by atoms with Crippen molar-refractivity contribution in [2.75, 3.05) is 0 Å². The van der Waals surface area contributed by atoms with Crippen LogP contribution in [0.25, 0.3) is 0 Å². The summed E-state index contributed by atoms with van der Waals surface area (Å²) in [6.07, 6.45) is 9.80. The van der Waals surface area contributed by atoms with Crippen molar-refractivity contribution in [1.29, 1.82) is 0 Å². The van der Waals surface area contributed by atoms with E-state index in [0.29, 0.717) is 0 Å². The van der Waals surface area contributed by atoms with E-state index in [1.165, 1.54) is 0 Å². The first-order valence-electron chi connectivity index (χ1n) is 4.81. The SMILES string of the molecule is C=C(C)C(/C=C\C)=C(/C=C\C)N=CC. The molecule has 0 bridgehead atoms. The summed E-state index contributed by atoms with van der Waals surface area (Å²) in [5, 5.41) is 0. The zero-order valence-corrected chi connectivity index (χ0v) is 9.54. The minimum Gasteiger partial charge on any atom is -0.261 e. The van der Waals surface area contributed by atoms with Gasteiger partial charge in [-0.25, -0.2) is 0 Å². The number of aliphatic imine (C=N–C) groups is 1. The van der Waals surface area contributed by atoms with Crippen LogP contribution in [-0.2, 0) is 0 Å². The molecule has 76 valence electrons. The maximum Gasteiger partial charge on any atom is 0.0696 e. The summed E-state index contributed by atoms with van der Waals surface area (Å²) in [4.78, 5) is 4.31. The number of rotatable bonds is 4. The summed E-state index contributed by atoms with van der Waals surface area (Å²) >= 11 is 0. The van der Waals surface area contributed by atoms with E-state index in [9.17, 15) is 0 Å². The fourth-order valence-electron chi connectivity index (χ4n) is 1.11. The van der Waals surface area contributed by atoms with Crippen molar-refractivity contribution in [2.45, 2.75) is 27.7 Å². The zero-order chi connectivity index (χ0) is 11.0. The lowest BCUT2D eigenvalue weighted by Crippen LogP contribution is -1.86.